The Morgan fingerprint density at radius 1 is 0.343 bits per heavy atom. The lowest BCUT2D eigenvalue weighted by Crippen LogP contribution is -2.21. The van der Waals surface area contributed by atoms with Gasteiger partial charge in [-0.25, -0.2) is 49.1 Å². The maximum Gasteiger partial charge on any atom is 0.328 e. The van der Waals surface area contributed by atoms with Gasteiger partial charge in [0, 0.05) is 98.7 Å². The molecule has 2 aliphatic rings. The van der Waals surface area contributed by atoms with Gasteiger partial charge in [0.05, 0.1) is 44.1 Å². The van der Waals surface area contributed by atoms with Crippen molar-refractivity contribution in [1.82, 2.24) is 76.4 Å². The predicted octanol–water partition coefficient (Wildman–Crippen LogP) is 5.08. The van der Waals surface area contributed by atoms with E-state index in [-0.39, 0.29) is 22.8 Å². The smallest absolute Gasteiger partial charge is 0.324 e. The third kappa shape index (κ3) is 4.89. The van der Waals surface area contributed by atoms with Crippen molar-refractivity contribution in [1.29, 1.82) is 0 Å². The topological polar surface area (TPSA) is 217 Å². The summed E-state index contributed by atoms with van der Waals surface area (Å²) in [6.45, 7) is 7.15. The van der Waals surface area contributed by atoms with E-state index in [1.165, 1.54) is 0 Å². The van der Waals surface area contributed by atoms with Gasteiger partial charge >= 0.3 is 22.8 Å². The van der Waals surface area contributed by atoms with Crippen LogP contribution in [0.2, 0.25) is 0 Å². The zero-order valence-corrected chi connectivity index (χ0v) is 37.6. The molecule has 11 aromatic rings. The van der Waals surface area contributed by atoms with E-state index < -0.39 is 0 Å². The standard InChI is InChI=1S/C47H40N16O4/c1-9-61-33-17-25-22(14-30(33)58(6)45(61)65)39-50-40-24-16-32-35(63(11-3)47(67)60(32)8)19-27(24)43(54-40)55-42-26-18-34-31(59(7)46(66)62(34)10-2)15-23(26)38(53-42)49-36-20-12-28-29(57(5)44(64)56(28)4)13-21(20)37(48-36)51-41(25)52-39/h12-19H,9-11H2,1-8H3,(H2,48,49,50,51,52,53,54,55). The van der Waals surface area contributed by atoms with Crippen LogP contribution < -0.4 is 22.8 Å². The summed E-state index contributed by atoms with van der Waals surface area (Å²) < 4.78 is 13.2. The number of rotatable bonds is 3. The highest BCUT2D eigenvalue weighted by molar-refractivity contribution is 6.12. The molecule has 4 aromatic carbocycles. The SMILES string of the molecule is CCn1c(=O)n(C)c2cc3c(cc21)-c1nc-3nc2[nH]c(nc3nc(nc4[nH]c(n1)c1cc5c(cc41)n(C)c(=O)n5CC)-c1cc4c(cc1-3)n(C)c(=O)n4C)c1cc3c(cc21)n(C)c(=O)n3CC. The second kappa shape index (κ2) is 13.0. The van der Waals surface area contributed by atoms with Gasteiger partial charge in [0.2, 0.25) is 0 Å². The van der Waals surface area contributed by atoms with E-state index >= 15 is 0 Å². The van der Waals surface area contributed by atoms with Gasteiger partial charge in [-0.05, 0) is 69.3 Å². The number of aromatic amines is 2. The van der Waals surface area contributed by atoms with Crippen LogP contribution in [0.3, 0.4) is 0 Å². The van der Waals surface area contributed by atoms with E-state index in [2.05, 4.69) is 9.97 Å². The first kappa shape index (κ1) is 38.8. The summed E-state index contributed by atoms with van der Waals surface area (Å²) in [4.78, 5) is 92.2. The van der Waals surface area contributed by atoms with Crippen molar-refractivity contribution in [3.05, 3.63) is 90.5 Å². The first-order valence-corrected chi connectivity index (χ1v) is 22.0. The summed E-state index contributed by atoms with van der Waals surface area (Å²) in [5, 5.41) is 2.74. The number of aromatic nitrogens is 16. The number of imidazole rings is 4. The third-order valence-corrected chi connectivity index (χ3v) is 14.0. The molecule has 9 heterocycles. The van der Waals surface area contributed by atoms with E-state index in [0.717, 1.165) is 16.6 Å². The number of benzene rings is 4. The third-order valence-electron chi connectivity index (χ3n) is 14.0. The lowest BCUT2D eigenvalue weighted by Gasteiger charge is -2.03. The van der Waals surface area contributed by atoms with Gasteiger partial charge in [-0.15, -0.1) is 0 Å². The fourth-order valence-electron chi connectivity index (χ4n) is 10.4. The van der Waals surface area contributed by atoms with Gasteiger partial charge < -0.3 is 9.97 Å². The van der Waals surface area contributed by atoms with Crippen LogP contribution in [0.25, 0.3) is 134 Å². The molecule has 2 aliphatic heterocycles. The van der Waals surface area contributed by atoms with Crippen molar-refractivity contribution in [2.45, 2.75) is 40.4 Å². The molecular weight excluding hydrogens is 853 g/mol. The highest BCUT2D eigenvalue weighted by atomic mass is 16.2. The predicted molar refractivity (Wildman–Crippen MR) is 257 cm³/mol. The summed E-state index contributed by atoms with van der Waals surface area (Å²) in [6.07, 6.45) is 0. The summed E-state index contributed by atoms with van der Waals surface area (Å²) in [7, 11) is 8.71. The lowest BCUT2D eigenvalue weighted by molar-refractivity contribution is 0.712. The summed E-state index contributed by atoms with van der Waals surface area (Å²) >= 11 is 0. The second-order valence-electron chi connectivity index (χ2n) is 17.3. The first-order chi connectivity index (χ1) is 32.3. The molecular formula is C47H40N16O4. The summed E-state index contributed by atoms with van der Waals surface area (Å²) in [5.74, 6) is 1.35. The molecule has 8 bridgehead atoms. The van der Waals surface area contributed by atoms with E-state index in [1.807, 2.05) is 69.3 Å². The van der Waals surface area contributed by atoms with E-state index in [4.69, 9.17) is 29.9 Å². The van der Waals surface area contributed by atoms with Gasteiger partial charge in [-0.2, -0.15) is 0 Å². The minimum absolute atomic E-state index is 0.151. The Balaban J connectivity index is 1.25. The number of fused-ring (bicyclic) bond motifs is 24. The molecule has 0 saturated carbocycles. The monoisotopic (exact) mass is 892 g/mol. The molecule has 20 nitrogen and oxygen atoms in total. The minimum atomic E-state index is -0.185. The molecule has 0 radical (unpaired) electrons. The number of nitrogens with zero attached hydrogens (tertiary/aromatic N) is 14. The van der Waals surface area contributed by atoms with Crippen LogP contribution in [0.4, 0.5) is 0 Å². The molecule has 0 aliphatic carbocycles. The molecule has 0 fully saturated rings. The number of aryl methyl sites for hydroxylation is 8. The average molecular weight is 893 g/mol. The lowest BCUT2D eigenvalue weighted by atomic mass is 10.1. The highest BCUT2D eigenvalue weighted by Crippen LogP contribution is 2.40. The van der Waals surface area contributed by atoms with Gasteiger partial charge in [-0.1, -0.05) is 0 Å². The Bertz CT molecular complexity index is 4560. The molecule has 2 N–H and O–H groups in total. The first-order valence-electron chi connectivity index (χ1n) is 22.0. The largest absolute Gasteiger partial charge is 0.328 e. The van der Waals surface area contributed by atoms with Crippen LogP contribution in [0, 0.1) is 0 Å². The van der Waals surface area contributed by atoms with Gasteiger partial charge in [-0.3, -0.25) is 36.5 Å². The number of hydrogen-bond donors (Lipinski definition) is 2. The average Bonchev–Trinajstić information content (AvgIpc) is 4.19. The Hall–Kier alpha value is -8.68. The van der Waals surface area contributed by atoms with Crippen LogP contribution in [-0.2, 0) is 54.9 Å². The maximum absolute atomic E-state index is 13.5. The Morgan fingerprint density at radius 3 is 0.896 bits per heavy atom. The van der Waals surface area contributed by atoms with E-state index in [0.29, 0.717) is 137 Å². The number of nitrogens with one attached hydrogen (secondary N) is 2. The number of hydrogen-bond acceptors (Lipinski definition) is 10. The molecule has 67 heavy (non-hydrogen) atoms. The molecule has 0 unspecified atom stereocenters. The van der Waals surface area contributed by atoms with E-state index in [9.17, 15) is 19.2 Å². The second-order valence-corrected chi connectivity index (χ2v) is 17.3. The fourth-order valence-corrected chi connectivity index (χ4v) is 10.4. The van der Waals surface area contributed by atoms with Crippen molar-refractivity contribution >= 4 is 88.3 Å². The van der Waals surface area contributed by atoms with Gasteiger partial charge in [0.15, 0.2) is 23.3 Å². The van der Waals surface area contributed by atoms with Crippen molar-refractivity contribution in [2.24, 2.45) is 35.2 Å². The summed E-state index contributed by atoms with van der Waals surface area (Å²) in [6, 6.07) is 15.5. The molecule has 13 rings (SSSR count). The van der Waals surface area contributed by atoms with Crippen molar-refractivity contribution in [2.75, 3.05) is 0 Å². The molecule has 0 amide bonds. The van der Waals surface area contributed by atoms with E-state index in [1.54, 1.807) is 71.8 Å². The van der Waals surface area contributed by atoms with Crippen molar-refractivity contribution in [3.63, 3.8) is 0 Å². The van der Waals surface area contributed by atoms with Crippen LogP contribution in [-0.4, -0.2) is 76.4 Å². The summed E-state index contributed by atoms with van der Waals surface area (Å²) in [5.41, 5.74) is 9.36. The fraction of sp³-hybridized carbons (Fsp3) is 0.234. The maximum atomic E-state index is 13.5. The number of H-pyrrole nitrogens is 2. The molecule has 0 atom stereocenters. The van der Waals surface area contributed by atoms with Crippen molar-refractivity contribution < 1.29 is 0 Å². The Morgan fingerprint density at radius 2 is 0.582 bits per heavy atom. The Labute approximate surface area is 375 Å². The van der Waals surface area contributed by atoms with Gasteiger partial charge in [0.25, 0.3) is 0 Å². The zero-order chi connectivity index (χ0) is 46.2. The van der Waals surface area contributed by atoms with Gasteiger partial charge in [0.1, 0.15) is 22.6 Å². The quantitative estimate of drug-likeness (QED) is 0.240. The molecule has 0 saturated heterocycles. The molecule has 332 valence electrons. The highest BCUT2D eigenvalue weighted by Gasteiger charge is 2.27. The zero-order valence-electron chi connectivity index (χ0n) is 37.6. The molecule has 20 heteroatoms. The Kier molecular flexibility index (Phi) is 7.51. The molecule has 0 spiro atoms. The minimum Gasteiger partial charge on any atom is -0.324 e. The van der Waals surface area contributed by atoms with Crippen LogP contribution in [0.15, 0.2) is 67.7 Å². The molecule has 7 aromatic heterocycles. The van der Waals surface area contributed by atoms with Crippen LogP contribution in [0.5, 0.6) is 0 Å². The normalized spacial score (nSPS) is 12.6. The van der Waals surface area contributed by atoms with Crippen LogP contribution >= 0.6 is 0 Å². The van der Waals surface area contributed by atoms with Crippen LogP contribution in [0.1, 0.15) is 20.8 Å². The van der Waals surface area contributed by atoms with Crippen molar-refractivity contribution in [3.8, 4) is 45.6 Å².